The van der Waals surface area contributed by atoms with Crippen LogP contribution in [0.3, 0.4) is 0 Å². The Morgan fingerprint density at radius 2 is 0.594 bits per heavy atom. The summed E-state index contributed by atoms with van der Waals surface area (Å²) in [6.07, 6.45) is 0. The van der Waals surface area contributed by atoms with E-state index in [0.29, 0.717) is 0 Å². The highest BCUT2D eigenvalue weighted by molar-refractivity contribution is 6.38. The van der Waals surface area contributed by atoms with Gasteiger partial charge in [0.2, 0.25) is 0 Å². The number of rotatable bonds is 0. The lowest BCUT2D eigenvalue weighted by Gasteiger charge is -2.16. The van der Waals surface area contributed by atoms with Crippen molar-refractivity contribution >= 4 is 76.5 Å². The quantitative estimate of drug-likeness (QED) is 0.206. The topological polar surface area (TPSA) is 51.6 Å². The van der Waals surface area contributed by atoms with Gasteiger partial charge < -0.3 is 0 Å². The zero-order valence-corrected chi connectivity index (χ0v) is 16.9. The number of nitrogens with zero attached hydrogens (tertiary/aromatic N) is 4. The van der Waals surface area contributed by atoms with Crippen molar-refractivity contribution in [3.05, 3.63) is 84.9 Å². The molecule has 6 aromatic carbocycles. The first-order valence-electron chi connectivity index (χ1n) is 10.7. The van der Waals surface area contributed by atoms with Crippen LogP contribution in [0.2, 0.25) is 0 Å². The summed E-state index contributed by atoms with van der Waals surface area (Å²) >= 11 is 0. The van der Waals surface area contributed by atoms with Crippen molar-refractivity contribution in [2.75, 3.05) is 0 Å². The van der Waals surface area contributed by atoms with E-state index in [9.17, 15) is 0 Å². The van der Waals surface area contributed by atoms with Gasteiger partial charge in [0, 0.05) is 32.3 Å². The summed E-state index contributed by atoms with van der Waals surface area (Å²) in [6, 6.07) is 28.9. The molecule has 4 heteroatoms. The number of hydrogen-bond acceptors (Lipinski definition) is 4. The normalized spacial score (nSPS) is 12.4. The molecule has 0 amide bonds. The van der Waals surface area contributed by atoms with Crippen LogP contribution in [-0.4, -0.2) is 19.9 Å². The summed E-state index contributed by atoms with van der Waals surface area (Å²) in [7, 11) is 0. The number of fused-ring (bicyclic) bond motifs is 8. The summed E-state index contributed by atoms with van der Waals surface area (Å²) in [5.41, 5.74) is 7.36. The summed E-state index contributed by atoms with van der Waals surface area (Å²) < 4.78 is 0. The summed E-state index contributed by atoms with van der Waals surface area (Å²) in [5, 5.41) is 6.81. The van der Waals surface area contributed by atoms with Crippen molar-refractivity contribution < 1.29 is 0 Å². The van der Waals surface area contributed by atoms with Gasteiger partial charge >= 0.3 is 0 Å². The van der Waals surface area contributed by atoms with Gasteiger partial charge in [0.1, 0.15) is 0 Å². The highest BCUT2D eigenvalue weighted by Gasteiger charge is 2.20. The smallest absolute Gasteiger partial charge is 0.0979 e. The van der Waals surface area contributed by atoms with Crippen LogP contribution in [0.1, 0.15) is 0 Å². The third-order valence-electron chi connectivity index (χ3n) is 6.54. The van der Waals surface area contributed by atoms with E-state index in [1.807, 2.05) is 48.5 Å². The number of para-hydroxylation sites is 4. The second-order valence-corrected chi connectivity index (χ2v) is 8.28. The van der Waals surface area contributed by atoms with E-state index in [1.165, 1.54) is 10.8 Å². The van der Waals surface area contributed by atoms with Crippen molar-refractivity contribution in [2.45, 2.75) is 0 Å². The molecule has 0 radical (unpaired) electrons. The number of benzene rings is 6. The zero-order valence-electron chi connectivity index (χ0n) is 16.9. The van der Waals surface area contributed by atoms with E-state index in [1.54, 1.807) is 0 Å². The average molecular weight is 406 g/mol. The van der Waals surface area contributed by atoms with E-state index >= 15 is 0 Å². The highest BCUT2D eigenvalue weighted by atomic mass is 14.8. The fourth-order valence-electron chi connectivity index (χ4n) is 5.18. The Morgan fingerprint density at radius 1 is 0.312 bits per heavy atom. The van der Waals surface area contributed by atoms with Crippen LogP contribution >= 0.6 is 0 Å². The van der Waals surface area contributed by atoms with Crippen LogP contribution in [0.25, 0.3) is 76.5 Å². The predicted molar refractivity (Wildman–Crippen MR) is 131 cm³/mol. The van der Waals surface area contributed by atoms with Crippen molar-refractivity contribution in [1.29, 1.82) is 0 Å². The van der Waals surface area contributed by atoms with Crippen LogP contribution in [-0.2, 0) is 0 Å². The van der Waals surface area contributed by atoms with E-state index in [2.05, 4.69) is 36.4 Å². The van der Waals surface area contributed by atoms with Crippen LogP contribution in [0.4, 0.5) is 0 Å². The molecule has 0 fully saturated rings. The van der Waals surface area contributed by atoms with Gasteiger partial charge in [-0.05, 0) is 24.3 Å². The summed E-state index contributed by atoms with van der Waals surface area (Å²) in [6.45, 7) is 0. The molecule has 0 N–H and O–H groups in total. The number of hydrogen-bond donors (Lipinski definition) is 0. The fourth-order valence-corrected chi connectivity index (χ4v) is 5.18. The molecule has 8 aromatic rings. The maximum atomic E-state index is 5.06. The van der Waals surface area contributed by atoms with E-state index in [4.69, 9.17) is 19.9 Å². The molecule has 0 atom stereocenters. The predicted octanol–water partition coefficient (Wildman–Crippen LogP) is 6.78. The van der Waals surface area contributed by atoms with Crippen molar-refractivity contribution in [3.8, 4) is 0 Å². The Balaban J connectivity index is 1.75. The molecule has 8 rings (SSSR count). The molecular formula is C28H14N4. The van der Waals surface area contributed by atoms with Crippen LogP contribution < -0.4 is 0 Å². The average Bonchev–Trinajstić information content (AvgIpc) is 2.86. The van der Waals surface area contributed by atoms with Gasteiger partial charge in [-0.1, -0.05) is 60.7 Å². The Bertz CT molecular complexity index is 1760. The molecule has 146 valence electrons. The van der Waals surface area contributed by atoms with E-state index < -0.39 is 0 Å². The Kier molecular flexibility index (Phi) is 2.86. The number of aromatic nitrogens is 4. The van der Waals surface area contributed by atoms with Gasteiger partial charge in [-0.2, -0.15) is 0 Å². The molecule has 2 heterocycles. The minimum atomic E-state index is 0.908. The van der Waals surface area contributed by atoms with Gasteiger partial charge in [0.25, 0.3) is 0 Å². The van der Waals surface area contributed by atoms with Gasteiger partial charge in [-0.3, -0.25) is 0 Å². The minimum Gasteiger partial charge on any atom is -0.244 e. The second-order valence-electron chi connectivity index (χ2n) is 8.28. The third-order valence-corrected chi connectivity index (χ3v) is 6.54. The molecule has 32 heavy (non-hydrogen) atoms. The summed E-state index contributed by atoms with van der Waals surface area (Å²) in [5.74, 6) is 0. The third kappa shape index (κ3) is 1.92. The molecule has 0 aliphatic carbocycles. The maximum absolute atomic E-state index is 5.06. The molecule has 2 aromatic heterocycles. The van der Waals surface area contributed by atoms with Gasteiger partial charge in [-0.25, -0.2) is 19.9 Å². The molecule has 4 nitrogen and oxygen atoms in total. The van der Waals surface area contributed by atoms with E-state index in [-0.39, 0.29) is 0 Å². The molecule has 0 spiro atoms. The van der Waals surface area contributed by atoms with Crippen molar-refractivity contribution in [2.24, 2.45) is 0 Å². The molecule has 0 bridgehead atoms. The first-order valence-corrected chi connectivity index (χ1v) is 10.7. The lowest BCUT2D eigenvalue weighted by atomic mass is 9.91. The fraction of sp³-hybridized carbons (Fsp3) is 0. The van der Waals surface area contributed by atoms with Gasteiger partial charge in [0.15, 0.2) is 0 Å². The Morgan fingerprint density at radius 3 is 0.875 bits per heavy atom. The second kappa shape index (κ2) is 5.62. The van der Waals surface area contributed by atoms with E-state index in [0.717, 1.165) is 65.7 Å². The van der Waals surface area contributed by atoms with Crippen LogP contribution in [0, 0.1) is 0 Å². The van der Waals surface area contributed by atoms with Crippen LogP contribution in [0.15, 0.2) is 84.9 Å². The van der Waals surface area contributed by atoms with Crippen molar-refractivity contribution in [1.82, 2.24) is 19.9 Å². The molecule has 0 saturated heterocycles. The molecule has 0 aliphatic heterocycles. The standard InChI is InChI=1S/C28H14N4/c1-2-12-20-19(11-1)29-25-15-7-5-9-17-23(15)24-16(26(25)30-20)8-6-10-18(24)28-27(17)31-21-13-3-4-14-22(21)32-28/h1-14H. The minimum absolute atomic E-state index is 0.908. The maximum Gasteiger partial charge on any atom is 0.0979 e. The van der Waals surface area contributed by atoms with Gasteiger partial charge in [-0.15, -0.1) is 0 Å². The SMILES string of the molecule is c1ccc2nc3c4cccc5c6nc7ccccc7nc6c6cccc(c3nc2c1)c6c45. The molecule has 0 saturated carbocycles. The Hall–Kier alpha value is -4.44. The zero-order chi connectivity index (χ0) is 20.8. The molecule has 0 aliphatic rings. The molecule has 0 unspecified atom stereocenters. The Labute approximate surface area is 181 Å². The van der Waals surface area contributed by atoms with Crippen LogP contribution in [0.5, 0.6) is 0 Å². The lowest BCUT2D eigenvalue weighted by molar-refractivity contribution is 1.41. The van der Waals surface area contributed by atoms with Crippen molar-refractivity contribution in [3.63, 3.8) is 0 Å². The lowest BCUT2D eigenvalue weighted by Crippen LogP contribution is -1.96. The first kappa shape index (κ1) is 16.3. The monoisotopic (exact) mass is 406 g/mol. The molecular weight excluding hydrogens is 392 g/mol. The largest absolute Gasteiger partial charge is 0.244 e. The highest BCUT2D eigenvalue weighted by Crippen LogP contribution is 2.43. The summed E-state index contributed by atoms with van der Waals surface area (Å²) in [4.78, 5) is 20.2. The van der Waals surface area contributed by atoms with Gasteiger partial charge in [0.05, 0.1) is 44.1 Å². The first-order chi connectivity index (χ1) is 15.9.